The molecule has 0 aromatic heterocycles. The summed E-state index contributed by atoms with van der Waals surface area (Å²) in [5.74, 6) is 0.324. The molecule has 0 unspecified atom stereocenters. The third-order valence-electron chi connectivity index (χ3n) is 6.55. The van der Waals surface area contributed by atoms with E-state index in [0.29, 0.717) is 37.7 Å². The van der Waals surface area contributed by atoms with Gasteiger partial charge in [-0.2, -0.15) is 0 Å². The monoisotopic (exact) mass is 538 g/mol. The zero-order valence-corrected chi connectivity index (χ0v) is 22.8. The molecule has 0 saturated heterocycles. The molecule has 0 bridgehead atoms. The van der Waals surface area contributed by atoms with E-state index >= 15 is 0 Å². The molecule has 7 nitrogen and oxygen atoms in total. The molecule has 0 fully saturated rings. The molecule has 40 heavy (non-hydrogen) atoms. The van der Waals surface area contributed by atoms with Crippen LogP contribution in [0.25, 0.3) is 11.1 Å². The molecule has 0 atom stereocenters. The lowest BCUT2D eigenvalue weighted by atomic mass is 9.97. The average Bonchev–Trinajstić information content (AvgIpc) is 2.96. The second-order valence-corrected chi connectivity index (χ2v) is 9.46. The van der Waals surface area contributed by atoms with Gasteiger partial charge >= 0.3 is 5.97 Å². The molecule has 0 radical (unpaired) electrons. The van der Waals surface area contributed by atoms with Crippen molar-refractivity contribution in [2.24, 2.45) is 0 Å². The molecule has 1 amide bonds. The Bertz CT molecular complexity index is 1440. The minimum atomic E-state index is -0.963. The number of nitrogens with one attached hydrogen (secondary N) is 2. The van der Waals surface area contributed by atoms with Gasteiger partial charge in [-0.3, -0.25) is 4.79 Å². The Morgan fingerprint density at radius 1 is 0.800 bits per heavy atom. The first-order valence-electron chi connectivity index (χ1n) is 13.2. The van der Waals surface area contributed by atoms with Crippen molar-refractivity contribution < 1.29 is 24.2 Å². The number of carboxylic acid groups (broad SMARTS) is 1. The van der Waals surface area contributed by atoms with Gasteiger partial charge in [0.2, 0.25) is 5.91 Å². The molecule has 7 heteroatoms. The van der Waals surface area contributed by atoms with Gasteiger partial charge in [0.25, 0.3) is 0 Å². The second-order valence-electron chi connectivity index (χ2n) is 9.46. The van der Waals surface area contributed by atoms with E-state index in [1.54, 1.807) is 24.3 Å². The van der Waals surface area contributed by atoms with Crippen LogP contribution in [0.4, 0.5) is 0 Å². The van der Waals surface area contributed by atoms with Crippen LogP contribution in [0.5, 0.6) is 11.5 Å². The minimum Gasteiger partial charge on any atom is -0.489 e. The smallest absolute Gasteiger partial charge is 0.335 e. The van der Waals surface area contributed by atoms with Gasteiger partial charge in [-0.05, 0) is 52.9 Å². The van der Waals surface area contributed by atoms with E-state index in [4.69, 9.17) is 14.6 Å². The lowest BCUT2D eigenvalue weighted by Crippen LogP contribution is -2.30. The van der Waals surface area contributed by atoms with Crippen molar-refractivity contribution in [1.82, 2.24) is 10.6 Å². The van der Waals surface area contributed by atoms with Gasteiger partial charge in [0.1, 0.15) is 24.7 Å². The van der Waals surface area contributed by atoms with Gasteiger partial charge in [-0.15, -0.1) is 0 Å². The summed E-state index contributed by atoms with van der Waals surface area (Å²) in [6.45, 7) is 5.99. The molecule has 0 spiro atoms. The first-order valence-corrected chi connectivity index (χ1v) is 13.2. The summed E-state index contributed by atoms with van der Waals surface area (Å²) in [5, 5.41) is 15.2. The van der Waals surface area contributed by atoms with Crippen LogP contribution in [0.2, 0.25) is 0 Å². The molecule has 0 aliphatic heterocycles. The zero-order valence-electron chi connectivity index (χ0n) is 22.8. The van der Waals surface area contributed by atoms with Crippen molar-refractivity contribution in [1.29, 1.82) is 0 Å². The molecule has 4 rings (SSSR count). The van der Waals surface area contributed by atoms with Crippen molar-refractivity contribution in [3.8, 4) is 22.6 Å². The van der Waals surface area contributed by atoms with Gasteiger partial charge in [0, 0.05) is 38.2 Å². The van der Waals surface area contributed by atoms with Crippen LogP contribution in [-0.4, -0.2) is 30.1 Å². The largest absolute Gasteiger partial charge is 0.489 e. The minimum absolute atomic E-state index is 0.0641. The van der Waals surface area contributed by atoms with E-state index in [2.05, 4.69) is 41.8 Å². The van der Waals surface area contributed by atoms with E-state index < -0.39 is 5.97 Å². The highest BCUT2D eigenvalue weighted by Gasteiger charge is 2.11. The van der Waals surface area contributed by atoms with Gasteiger partial charge < -0.3 is 25.2 Å². The number of hydrogen-bond acceptors (Lipinski definition) is 5. The first kappa shape index (κ1) is 28.4. The number of hydrogen-bond donors (Lipinski definition) is 3. The highest BCUT2D eigenvalue weighted by atomic mass is 16.5. The van der Waals surface area contributed by atoms with Crippen LogP contribution in [0, 0.1) is 6.92 Å². The van der Waals surface area contributed by atoms with Crippen molar-refractivity contribution in [2.75, 3.05) is 13.1 Å². The topological polar surface area (TPSA) is 96.9 Å². The van der Waals surface area contributed by atoms with Gasteiger partial charge in [0.05, 0.1) is 5.56 Å². The van der Waals surface area contributed by atoms with Crippen LogP contribution in [0.3, 0.4) is 0 Å². The summed E-state index contributed by atoms with van der Waals surface area (Å²) in [6.07, 6.45) is 0. The summed E-state index contributed by atoms with van der Waals surface area (Å²) < 4.78 is 12.4. The number of carbonyl (C=O) groups excluding carboxylic acids is 1. The Morgan fingerprint density at radius 3 is 2.30 bits per heavy atom. The molecule has 206 valence electrons. The number of ether oxygens (including phenoxy) is 2. The van der Waals surface area contributed by atoms with E-state index in [0.717, 1.165) is 16.7 Å². The standard InChI is InChI=1S/C33H34N2O5/c1-23-29(9-6-10-31(23)26-7-4-3-5-8-26)22-39-30-16-15-28(20-34-17-18-35-24(2)36)32(19-30)40-21-25-11-13-27(14-12-25)33(37)38/h3-16,19,34H,17-18,20-22H2,1-2H3,(H,35,36)(H,37,38). The number of amides is 1. The SMILES string of the molecule is CC(=O)NCCNCc1ccc(OCc2cccc(-c3ccccc3)c2C)cc1OCc1ccc(C(=O)O)cc1. The maximum absolute atomic E-state index is 11.2. The Morgan fingerprint density at radius 2 is 1.57 bits per heavy atom. The predicted molar refractivity (Wildman–Crippen MR) is 156 cm³/mol. The lowest BCUT2D eigenvalue weighted by molar-refractivity contribution is -0.118. The summed E-state index contributed by atoms with van der Waals surface area (Å²) in [4.78, 5) is 22.3. The van der Waals surface area contributed by atoms with Crippen LogP contribution >= 0.6 is 0 Å². The fourth-order valence-electron chi connectivity index (χ4n) is 4.29. The Labute approximate surface area is 234 Å². The Kier molecular flexibility index (Phi) is 9.91. The van der Waals surface area contributed by atoms with Crippen molar-refractivity contribution in [3.63, 3.8) is 0 Å². The number of aromatic carboxylic acids is 1. The second kappa shape index (κ2) is 14.0. The van der Waals surface area contributed by atoms with Gasteiger partial charge in [0.15, 0.2) is 0 Å². The lowest BCUT2D eigenvalue weighted by Gasteiger charge is -2.16. The molecule has 4 aromatic carbocycles. The van der Waals surface area contributed by atoms with Crippen molar-refractivity contribution >= 4 is 11.9 Å². The molecule has 0 aliphatic rings. The summed E-state index contributed by atoms with van der Waals surface area (Å²) in [7, 11) is 0. The number of carbonyl (C=O) groups is 2. The van der Waals surface area contributed by atoms with E-state index in [1.165, 1.54) is 23.6 Å². The van der Waals surface area contributed by atoms with E-state index in [-0.39, 0.29) is 18.1 Å². The molecule has 0 aliphatic carbocycles. The maximum atomic E-state index is 11.2. The molecule has 0 heterocycles. The molecular formula is C33H34N2O5. The third kappa shape index (κ3) is 7.94. The van der Waals surface area contributed by atoms with Crippen molar-refractivity contribution in [2.45, 2.75) is 33.6 Å². The normalized spacial score (nSPS) is 10.7. The first-order chi connectivity index (χ1) is 19.4. The van der Waals surface area contributed by atoms with E-state index in [9.17, 15) is 9.59 Å². The van der Waals surface area contributed by atoms with Crippen LogP contribution in [0.1, 0.15) is 39.5 Å². The predicted octanol–water partition coefficient (Wildman–Crippen LogP) is 5.74. The zero-order chi connectivity index (χ0) is 28.3. The van der Waals surface area contributed by atoms with Crippen LogP contribution in [0.15, 0.2) is 91.0 Å². The summed E-state index contributed by atoms with van der Waals surface area (Å²) in [5.41, 5.74) is 6.66. The highest BCUT2D eigenvalue weighted by Crippen LogP contribution is 2.29. The Balaban J connectivity index is 1.47. The molecule has 0 saturated carbocycles. The number of carboxylic acids is 1. The van der Waals surface area contributed by atoms with Crippen LogP contribution in [-0.2, 0) is 24.6 Å². The van der Waals surface area contributed by atoms with Crippen molar-refractivity contribution in [3.05, 3.63) is 119 Å². The maximum Gasteiger partial charge on any atom is 0.335 e. The third-order valence-corrected chi connectivity index (χ3v) is 6.55. The molecule has 3 N–H and O–H groups in total. The number of benzene rings is 4. The van der Waals surface area contributed by atoms with Gasteiger partial charge in [-0.25, -0.2) is 4.79 Å². The van der Waals surface area contributed by atoms with Gasteiger partial charge in [-0.1, -0.05) is 66.7 Å². The molecular weight excluding hydrogens is 504 g/mol. The quantitative estimate of drug-likeness (QED) is 0.188. The Hall–Kier alpha value is -4.62. The summed E-state index contributed by atoms with van der Waals surface area (Å²) >= 11 is 0. The fourth-order valence-corrected chi connectivity index (χ4v) is 4.29. The number of rotatable bonds is 13. The summed E-state index contributed by atoms with van der Waals surface area (Å²) in [6, 6.07) is 29.0. The fraction of sp³-hybridized carbons (Fsp3) is 0.212. The molecule has 4 aromatic rings. The van der Waals surface area contributed by atoms with Crippen LogP contribution < -0.4 is 20.1 Å². The van der Waals surface area contributed by atoms with E-state index in [1.807, 2.05) is 42.5 Å². The highest BCUT2D eigenvalue weighted by molar-refractivity contribution is 5.87. The average molecular weight is 539 g/mol.